The van der Waals surface area contributed by atoms with Crippen LogP contribution >= 0.6 is 0 Å². The van der Waals surface area contributed by atoms with Gasteiger partial charge >= 0.3 is 0 Å². The van der Waals surface area contributed by atoms with E-state index in [1.165, 1.54) is 22.4 Å². The molecule has 0 fully saturated rings. The highest BCUT2D eigenvalue weighted by atomic mass is 15.3. The number of rotatable bonds is 5. The number of nitrogens with zero attached hydrogens (tertiary/aromatic N) is 4. The van der Waals surface area contributed by atoms with Gasteiger partial charge in [0.15, 0.2) is 5.82 Å². The van der Waals surface area contributed by atoms with Crippen LogP contribution < -0.4 is 4.90 Å². The van der Waals surface area contributed by atoms with Crippen molar-refractivity contribution in [3.05, 3.63) is 83.7 Å². The van der Waals surface area contributed by atoms with Crippen molar-refractivity contribution in [2.75, 3.05) is 18.0 Å². The van der Waals surface area contributed by atoms with Crippen molar-refractivity contribution in [1.29, 1.82) is 0 Å². The van der Waals surface area contributed by atoms with Crippen molar-refractivity contribution in [2.24, 2.45) is 0 Å². The first-order valence-electron chi connectivity index (χ1n) is 9.72. The first kappa shape index (κ1) is 18.2. The van der Waals surface area contributed by atoms with E-state index in [2.05, 4.69) is 59.7 Å². The van der Waals surface area contributed by atoms with Crippen LogP contribution in [0.1, 0.15) is 23.9 Å². The monoisotopic (exact) mass is 370 g/mol. The van der Waals surface area contributed by atoms with Crippen LogP contribution in [-0.2, 0) is 6.42 Å². The summed E-state index contributed by atoms with van der Waals surface area (Å²) in [5.74, 6) is 1.57. The summed E-state index contributed by atoms with van der Waals surface area (Å²) in [5.41, 5.74) is 7.35. The number of allylic oxidation sites excluding steroid dienone is 2. The molecule has 0 saturated carbocycles. The fraction of sp³-hybridized carbons (Fsp3) is 0.250. The fourth-order valence-corrected chi connectivity index (χ4v) is 3.90. The number of aryl methyl sites for hydroxylation is 2. The van der Waals surface area contributed by atoms with Crippen LogP contribution in [0.4, 0.5) is 5.69 Å². The topological polar surface area (TPSA) is 34.0 Å². The summed E-state index contributed by atoms with van der Waals surface area (Å²) in [4.78, 5) is 7.05. The number of hydrogen-bond donors (Lipinski definition) is 0. The van der Waals surface area contributed by atoms with E-state index < -0.39 is 0 Å². The van der Waals surface area contributed by atoms with Gasteiger partial charge in [-0.05, 0) is 50.5 Å². The summed E-state index contributed by atoms with van der Waals surface area (Å²) in [6, 6.07) is 16.6. The first-order chi connectivity index (χ1) is 13.5. The minimum absolute atomic E-state index is 0.731. The van der Waals surface area contributed by atoms with E-state index in [0.29, 0.717) is 0 Å². The quantitative estimate of drug-likeness (QED) is 0.590. The standard InChI is InChI=1S/C24H26N4/c1-17(16-27-14-13-22-18(2)9-8-12-23(22)27)15-19(3)28-20(4)25-24(26-28)21-10-6-5-7-11-21/h5-12,15H,3,13-14,16H2,1-2,4H3/b17-15+. The number of aromatic nitrogens is 3. The Bertz CT molecular complexity index is 1040. The summed E-state index contributed by atoms with van der Waals surface area (Å²) in [6.45, 7) is 12.5. The first-order valence-corrected chi connectivity index (χ1v) is 9.72. The maximum atomic E-state index is 4.66. The third-order valence-corrected chi connectivity index (χ3v) is 5.28. The molecule has 1 aliphatic heterocycles. The molecule has 4 heteroatoms. The molecule has 28 heavy (non-hydrogen) atoms. The van der Waals surface area contributed by atoms with Gasteiger partial charge in [-0.15, -0.1) is 5.10 Å². The molecule has 0 atom stereocenters. The second kappa shape index (κ2) is 7.47. The van der Waals surface area contributed by atoms with E-state index in [-0.39, 0.29) is 0 Å². The van der Waals surface area contributed by atoms with Crippen LogP contribution in [0, 0.1) is 13.8 Å². The lowest BCUT2D eigenvalue weighted by Crippen LogP contribution is -2.22. The molecule has 0 aliphatic carbocycles. The van der Waals surface area contributed by atoms with Crippen LogP contribution in [0.5, 0.6) is 0 Å². The van der Waals surface area contributed by atoms with E-state index in [0.717, 1.165) is 42.4 Å². The molecule has 142 valence electrons. The molecule has 0 N–H and O–H groups in total. The molecule has 0 amide bonds. The Morgan fingerprint density at radius 2 is 1.89 bits per heavy atom. The Hall–Kier alpha value is -3.14. The van der Waals surface area contributed by atoms with Crippen molar-refractivity contribution in [2.45, 2.75) is 27.2 Å². The zero-order valence-electron chi connectivity index (χ0n) is 16.8. The molecule has 2 heterocycles. The van der Waals surface area contributed by atoms with Gasteiger partial charge in [0, 0.05) is 24.3 Å². The van der Waals surface area contributed by atoms with Crippen molar-refractivity contribution in [3.63, 3.8) is 0 Å². The zero-order valence-corrected chi connectivity index (χ0v) is 16.8. The Morgan fingerprint density at radius 3 is 2.68 bits per heavy atom. The summed E-state index contributed by atoms with van der Waals surface area (Å²) in [5, 5.41) is 4.66. The third-order valence-electron chi connectivity index (χ3n) is 5.28. The van der Waals surface area contributed by atoms with Crippen LogP contribution in [0.15, 0.2) is 66.8 Å². The van der Waals surface area contributed by atoms with E-state index in [9.17, 15) is 0 Å². The van der Waals surface area contributed by atoms with Crippen molar-refractivity contribution >= 4 is 11.4 Å². The van der Waals surface area contributed by atoms with E-state index in [1.807, 2.05) is 41.9 Å². The SMILES string of the molecule is C=C(/C=C(\C)CN1CCc2c(C)cccc21)n1nc(-c2ccccc2)nc1C. The second-order valence-corrected chi connectivity index (χ2v) is 7.49. The molecule has 1 aromatic heterocycles. The van der Waals surface area contributed by atoms with Crippen molar-refractivity contribution in [1.82, 2.24) is 14.8 Å². The van der Waals surface area contributed by atoms with Gasteiger partial charge in [0.1, 0.15) is 5.82 Å². The fourth-order valence-electron chi connectivity index (χ4n) is 3.90. The highest BCUT2D eigenvalue weighted by Crippen LogP contribution is 2.31. The van der Waals surface area contributed by atoms with Crippen LogP contribution in [-0.4, -0.2) is 27.9 Å². The average molecular weight is 371 g/mol. The molecule has 4 rings (SSSR count). The van der Waals surface area contributed by atoms with E-state index >= 15 is 0 Å². The van der Waals surface area contributed by atoms with Gasteiger partial charge in [0.05, 0.1) is 5.70 Å². The minimum atomic E-state index is 0.731. The number of hydrogen-bond acceptors (Lipinski definition) is 3. The van der Waals surface area contributed by atoms with Gasteiger partial charge in [-0.3, -0.25) is 0 Å². The normalized spacial score (nSPS) is 13.7. The van der Waals surface area contributed by atoms with Gasteiger partial charge < -0.3 is 4.90 Å². The summed E-state index contributed by atoms with van der Waals surface area (Å²) < 4.78 is 1.83. The van der Waals surface area contributed by atoms with E-state index in [4.69, 9.17) is 0 Å². The summed E-state index contributed by atoms with van der Waals surface area (Å²) >= 11 is 0. The molecular formula is C24H26N4. The smallest absolute Gasteiger partial charge is 0.181 e. The van der Waals surface area contributed by atoms with Gasteiger partial charge in [0.2, 0.25) is 0 Å². The Balaban J connectivity index is 1.52. The number of anilines is 1. The third kappa shape index (κ3) is 3.50. The van der Waals surface area contributed by atoms with Crippen LogP contribution in [0.25, 0.3) is 17.1 Å². The molecule has 0 bridgehead atoms. The Morgan fingerprint density at radius 1 is 1.11 bits per heavy atom. The molecule has 1 aliphatic rings. The molecule has 0 radical (unpaired) electrons. The number of benzene rings is 2. The lowest BCUT2D eigenvalue weighted by Gasteiger charge is -2.20. The molecular weight excluding hydrogens is 344 g/mol. The van der Waals surface area contributed by atoms with Gasteiger partial charge in [-0.2, -0.15) is 0 Å². The lowest BCUT2D eigenvalue weighted by atomic mass is 10.1. The molecule has 0 spiro atoms. The maximum absolute atomic E-state index is 4.66. The Kier molecular flexibility index (Phi) is 4.86. The minimum Gasteiger partial charge on any atom is -0.367 e. The molecule has 0 saturated heterocycles. The summed E-state index contributed by atoms with van der Waals surface area (Å²) in [7, 11) is 0. The second-order valence-electron chi connectivity index (χ2n) is 7.49. The molecule has 2 aromatic carbocycles. The van der Waals surface area contributed by atoms with Crippen molar-refractivity contribution in [3.8, 4) is 11.4 Å². The maximum Gasteiger partial charge on any atom is 0.181 e. The highest BCUT2D eigenvalue weighted by molar-refractivity contribution is 5.63. The number of fused-ring (bicyclic) bond motifs is 1. The lowest BCUT2D eigenvalue weighted by molar-refractivity contribution is 0.859. The zero-order chi connectivity index (χ0) is 19.7. The molecule has 3 aromatic rings. The predicted molar refractivity (Wildman–Crippen MR) is 116 cm³/mol. The van der Waals surface area contributed by atoms with Crippen molar-refractivity contribution < 1.29 is 0 Å². The van der Waals surface area contributed by atoms with Gasteiger partial charge in [-0.25, -0.2) is 9.67 Å². The Labute approximate surface area is 166 Å². The highest BCUT2D eigenvalue weighted by Gasteiger charge is 2.20. The van der Waals surface area contributed by atoms with Gasteiger partial charge in [0.25, 0.3) is 0 Å². The van der Waals surface area contributed by atoms with E-state index in [1.54, 1.807) is 0 Å². The predicted octanol–water partition coefficient (Wildman–Crippen LogP) is 5.04. The molecule has 4 nitrogen and oxygen atoms in total. The summed E-state index contributed by atoms with van der Waals surface area (Å²) in [6.07, 6.45) is 3.24. The van der Waals surface area contributed by atoms with Crippen LogP contribution in [0.2, 0.25) is 0 Å². The largest absolute Gasteiger partial charge is 0.367 e. The van der Waals surface area contributed by atoms with Crippen LogP contribution in [0.3, 0.4) is 0 Å². The van der Waals surface area contributed by atoms with Gasteiger partial charge in [-0.1, -0.05) is 54.6 Å². The molecule has 0 unspecified atom stereocenters. The average Bonchev–Trinajstić information content (AvgIpc) is 3.27.